The zero-order valence-electron chi connectivity index (χ0n) is 10.5. The predicted octanol–water partition coefficient (Wildman–Crippen LogP) is 0.153. The van der Waals surface area contributed by atoms with Crippen molar-refractivity contribution in [1.29, 1.82) is 0 Å². The van der Waals surface area contributed by atoms with Gasteiger partial charge in [-0.25, -0.2) is 19.4 Å². The van der Waals surface area contributed by atoms with E-state index in [0.29, 0.717) is 19.4 Å². The van der Waals surface area contributed by atoms with Crippen molar-refractivity contribution in [3.63, 3.8) is 0 Å². The van der Waals surface area contributed by atoms with Gasteiger partial charge in [-0.15, -0.1) is 0 Å². The van der Waals surface area contributed by atoms with Gasteiger partial charge in [-0.05, 0) is 31.5 Å². The van der Waals surface area contributed by atoms with Gasteiger partial charge in [0.15, 0.2) is 0 Å². The summed E-state index contributed by atoms with van der Waals surface area (Å²) in [4.78, 5) is 35.3. The van der Waals surface area contributed by atoms with Gasteiger partial charge in [0.25, 0.3) is 0 Å². The molecule has 0 amide bonds. The molecule has 0 saturated heterocycles. The zero-order chi connectivity index (χ0) is 14.1. The van der Waals surface area contributed by atoms with Crippen molar-refractivity contribution in [3.8, 4) is 0 Å². The Morgan fingerprint density at radius 2 is 2.11 bits per heavy atom. The predicted molar refractivity (Wildman–Crippen MR) is 66.6 cm³/mol. The largest absolute Gasteiger partial charge is 0.387 e. The lowest BCUT2D eigenvalue weighted by atomic mass is 10.1. The molecule has 1 atom stereocenters. The van der Waals surface area contributed by atoms with E-state index in [4.69, 9.17) is 11.5 Å². The van der Waals surface area contributed by atoms with Crippen molar-refractivity contribution in [3.05, 3.63) is 30.1 Å². The molecular formula is C12H17N3O4. The number of unbranched alkanes of at least 4 members (excludes halogenated alkanes) is 1. The monoisotopic (exact) mass is 267 g/mol. The van der Waals surface area contributed by atoms with Crippen molar-refractivity contribution >= 4 is 11.9 Å². The van der Waals surface area contributed by atoms with E-state index in [-0.39, 0.29) is 5.56 Å². The summed E-state index contributed by atoms with van der Waals surface area (Å²) >= 11 is 0. The maximum Gasteiger partial charge on any atom is 0.387 e. The molecule has 7 heteroatoms. The third-order valence-corrected chi connectivity index (χ3v) is 2.37. The molecule has 4 N–H and O–H groups in total. The van der Waals surface area contributed by atoms with Crippen LogP contribution in [0.4, 0.5) is 0 Å². The second-order valence-corrected chi connectivity index (χ2v) is 3.91. The van der Waals surface area contributed by atoms with E-state index in [0.717, 1.165) is 6.42 Å². The fourth-order valence-electron chi connectivity index (χ4n) is 1.30. The number of carbonyl (C=O) groups is 2. The number of aromatic nitrogens is 1. The first-order valence-electron chi connectivity index (χ1n) is 5.93. The van der Waals surface area contributed by atoms with E-state index in [1.807, 2.05) is 0 Å². The summed E-state index contributed by atoms with van der Waals surface area (Å²) in [5.74, 6) is -1.58. The molecule has 1 unspecified atom stereocenters. The highest BCUT2D eigenvalue weighted by Gasteiger charge is 2.18. The topological polar surface area (TPSA) is 118 Å². The highest BCUT2D eigenvalue weighted by atomic mass is 17.2. The molecule has 0 aliphatic carbocycles. The summed E-state index contributed by atoms with van der Waals surface area (Å²) in [6.45, 7) is 0.539. The molecule has 1 heterocycles. The van der Waals surface area contributed by atoms with Crippen LogP contribution in [0.5, 0.6) is 0 Å². The molecule has 1 aromatic heterocycles. The van der Waals surface area contributed by atoms with Crippen LogP contribution < -0.4 is 11.5 Å². The fraction of sp³-hybridized carbons (Fsp3) is 0.417. The number of hydrogen-bond acceptors (Lipinski definition) is 7. The Hall–Kier alpha value is -1.99. The van der Waals surface area contributed by atoms with Crippen LogP contribution in [-0.2, 0) is 14.6 Å². The molecule has 7 nitrogen and oxygen atoms in total. The van der Waals surface area contributed by atoms with Gasteiger partial charge in [-0.1, -0.05) is 6.42 Å². The minimum Gasteiger partial charge on any atom is -0.330 e. The average molecular weight is 267 g/mol. The molecule has 0 aromatic carbocycles. The molecule has 0 radical (unpaired) electrons. The minimum absolute atomic E-state index is 0.187. The van der Waals surface area contributed by atoms with Crippen LogP contribution in [-0.4, -0.2) is 29.5 Å². The highest BCUT2D eigenvalue weighted by molar-refractivity contribution is 5.89. The van der Waals surface area contributed by atoms with Gasteiger partial charge >= 0.3 is 11.9 Å². The Labute approximate surface area is 110 Å². The van der Waals surface area contributed by atoms with E-state index >= 15 is 0 Å². The summed E-state index contributed by atoms with van der Waals surface area (Å²) in [6, 6.07) is 2.23. The third-order valence-electron chi connectivity index (χ3n) is 2.37. The molecule has 0 aliphatic heterocycles. The molecule has 104 valence electrons. The van der Waals surface area contributed by atoms with Gasteiger partial charge in [0.05, 0.1) is 5.56 Å². The number of hydrogen-bond donors (Lipinski definition) is 2. The van der Waals surface area contributed by atoms with Crippen molar-refractivity contribution in [2.24, 2.45) is 11.5 Å². The van der Waals surface area contributed by atoms with E-state index in [9.17, 15) is 9.59 Å². The first-order valence-corrected chi connectivity index (χ1v) is 5.93. The summed E-state index contributed by atoms with van der Waals surface area (Å²) in [7, 11) is 0. The average Bonchev–Trinajstić information content (AvgIpc) is 2.45. The van der Waals surface area contributed by atoms with Gasteiger partial charge in [0, 0.05) is 12.4 Å². The Kier molecular flexibility index (Phi) is 6.48. The van der Waals surface area contributed by atoms with Crippen molar-refractivity contribution in [2.45, 2.75) is 25.3 Å². The van der Waals surface area contributed by atoms with Crippen LogP contribution >= 0.6 is 0 Å². The number of pyridine rings is 1. The number of rotatable bonds is 6. The van der Waals surface area contributed by atoms with Gasteiger partial charge in [0.1, 0.15) is 6.04 Å². The van der Waals surface area contributed by atoms with Crippen LogP contribution in [0.3, 0.4) is 0 Å². The van der Waals surface area contributed by atoms with Gasteiger partial charge in [-0.3, -0.25) is 4.98 Å². The lowest BCUT2D eigenvalue weighted by Crippen LogP contribution is -2.33. The second kappa shape index (κ2) is 8.17. The maximum atomic E-state index is 11.4. The number of carbonyl (C=O) groups excluding carboxylic acids is 2. The van der Waals surface area contributed by atoms with Crippen molar-refractivity contribution < 1.29 is 19.4 Å². The Morgan fingerprint density at radius 1 is 1.32 bits per heavy atom. The lowest BCUT2D eigenvalue weighted by Gasteiger charge is -2.09. The molecular weight excluding hydrogens is 250 g/mol. The first-order chi connectivity index (χ1) is 9.15. The number of nitrogens with zero attached hydrogens (tertiary/aromatic N) is 1. The zero-order valence-corrected chi connectivity index (χ0v) is 10.5. The van der Waals surface area contributed by atoms with E-state index in [2.05, 4.69) is 14.8 Å². The van der Waals surface area contributed by atoms with Crippen LogP contribution in [0.1, 0.15) is 29.6 Å². The minimum atomic E-state index is -0.826. The quantitative estimate of drug-likeness (QED) is 0.428. The second-order valence-electron chi connectivity index (χ2n) is 3.91. The molecule has 0 spiro atoms. The summed E-state index contributed by atoms with van der Waals surface area (Å²) < 4.78 is 0. The molecule has 0 saturated carbocycles. The summed E-state index contributed by atoms with van der Waals surface area (Å²) in [5.41, 5.74) is 11.1. The van der Waals surface area contributed by atoms with Crippen LogP contribution in [0.2, 0.25) is 0 Å². The van der Waals surface area contributed by atoms with E-state index < -0.39 is 18.0 Å². The van der Waals surface area contributed by atoms with Crippen molar-refractivity contribution in [2.75, 3.05) is 6.54 Å². The Morgan fingerprint density at radius 3 is 2.74 bits per heavy atom. The number of nitrogens with two attached hydrogens (primary N) is 2. The molecule has 19 heavy (non-hydrogen) atoms. The summed E-state index contributed by atoms with van der Waals surface area (Å²) in [5, 5.41) is 0. The van der Waals surface area contributed by atoms with Crippen LogP contribution in [0.15, 0.2) is 24.5 Å². The standard InChI is InChI=1S/C12H17N3O4/c13-6-2-1-5-10(14)12(17)19-18-11(16)9-4-3-7-15-8-9/h3-4,7-8,10H,1-2,5-6,13-14H2. The van der Waals surface area contributed by atoms with Gasteiger partial charge in [-0.2, -0.15) is 0 Å². The smallest absolute Gasteiger partial charge is 0.330 e. The van der Waals surface area contributed by atoms with E-state index in [1.54, 1.807) is 6.07 Å². The SMILES string of the molecule is NCCCCC(N)C(=O)OOC(=O)c1cccnc1. The molecule has 0 aliphatic rings. The molecule has 0 fully saturated rings. The molecule has 1 rings (SSSR count). The van der Waals surface area contributed by atoms with Crippen LogP contribution in [0.25, 0.3) is 0 Å². The van der Waals surface area contributed by atoms with Gasteiger partial charge < -0.3 is 11.5 Å². The normalized spacial score (nSPS) is 11.7. The Balaban J connectivity index is 2.32. The fourth-order valence-corrected chi connectivity index (χ4v) is 1.30. The molecule has 0 bridgehead atoms. The van der Waals surface area contributed by atoms with Gasteiger partial charge in [0.2, 0.25) is 0 Å². The summed E-state index contributed by atoms with van der Waals surface area (Å²) in [6.07, 6.45) is 4.73. The van der Waals surface area contributed by atoms with E-state index in [1.165, 1.54) is 18.5 Å². The maximum absolute atomic E-state index is 11.4. The molecule has 1 aromatic rings. The van der Waals surface area contributed by atoms with Crippen LogP contribution in [0, 0.1) is 0 Å². The highest BCUT2D eigenvalue weighted by Crippen LogP contribution is 2.03. The first kappa shape index (κ1) is 15.1. The van der Waals surface area contributed by atoms with Crippen molar-refractivity contribution in [1.82, 2.24) is 4.98 Å². The Bertz CT molecular complexity index is 411. The third kappa shape index (κ3) is 5.45. The lowest BCUT2D eigenvalue weighted by molar-refractivity contribution is -0.235.